The molecular weight excluding hydrogens is 286 g/mol. The van der Waals surface area contributed by atoms with Gasteiger partial charge in [0.1, 0.15) is 5.82 Å². The average molecular weight is 309 g/mol. The summed E-state index contributed by atoms with van der Waals surface area (Å²) in [5.41, 5.74) is 2.32. The van der Waals surface area contributed by atoms with Crippen LogP contribution in [0.25, 0.3) is 0 Å². The van der Waals surface area contributed by atoms with Gasteiger partial charge in [0.2, 0.25) is 5.91 Å². The van der Waals surface area contributed by atoms with Gasteiger partial charge in [0.15, 0.2) is 0 Å². The maximum atomic E-state index is 12.0. The number of anilines is 2. The second-order valence-electron chi connectivity index (χ2n) is 5.98. The van der Waals surface area contributed by atoms with Crippen LogP contribution in [0.2, 0.25) is 0 Å². The number of carbonyl (C=O) groups is 1. The number of aryl methyl sites for hydroxylation is 1. The Morgan fingerprint density at radius 3 is 2.52 bits per heavy atom. The Kier molecular flexibility index (Phi) is 5.25. The van der Waals surface area contributed by atoms with Crippen molar-refractivity contribution in [2.75, 3.05) is 23.3 Å². The molecular formula is C19H23N3O. The molecule has 4 heteroatoms. The minimum Gasteiger partial charge on any atom is -0.370 e. The standard InChI is InChI=1S/C19H23N3O/c23-19(12-9-16-7-3-1-4-8-16)21-18-11-10-17(15-20-18)22-13-5-2-6-14-22/h1,3-4,7-8,10-11,15H,2,5-6,9,12-14H2,(H,20,21,23). The number of pyridine rings is 1. The van der Waals surface area contributed by atoms with Gasteiger partial charge in [-0.2, -0.15) is 0 Å². The fraction of sp³-hybridized carbons (Fsp3) is 0.368. The third-order valence-electron chi connectivity index (χ3n) is 4.22. The third-order valence-corrected chi connectivity index (χ3v) is 4.22. The first-order chi connectivity index (χ1) is 11.3. The lowest BCUT2D eigenvalue weighted by molar-refractivity contribution is -0.116. The second kappa shape index (κ2) is 7.77. The first kappa shape index (κ1) is 15.5. The van der Waals surface area contributed by atoms with Gasteiger partial charge in [0.05, 0.1) is 11.9 Å². The van der Waals surface area contributed by atoms with Crippen molar-refractivity contribution in [1.82, 2.24) is 4.98 Å². The Balaban J connectivity index is 1.50. The molecule has 1 fully saturated rings. The molecule has 23 heavy (non-hydrogen) atoms. The highest BCUT2D eigenvalue weighted by Gasteiger charge is 2.11. The maximum Gasteiger partial charge on any atom is 0.225 e. The molecule has 120 valence electrons. The molecule has 0 aliphatic carbocycles. The molecule has 0 saturated carbocycles. The Bertz CT molecular complexity index is 619. The molecule has 1 aliphatic rings. The van der Waals surface area contributed by atoms with Gasteiger partial charge in [0, 0.05) is 19.5 Å². The van der Waals surface area contributed by atoms with Crippen molar-refractivity contribution in [3.05, 3.63) is 54.2 Å². The topological polar surface area (TPSA) is 45.2 Å². The number of nitrogens with one attached hydrogen (secondary N) is 1. The zero-order valence-electron chi connectivity index (χ0n) is 13.4. The highest BCUT2D eigenvalue weighted by molar-refractivity contribution is 5.89. The first-order valence-corrected chi connectivity index (χ1v) is 8.36. The third kappa shape index (κ3) is 4.55. The van der Waals surface area contributed by atoms with Crippen LogP contribution in [0, 0.1) is 0 Å². The number of piperidine rings is 1. The maximum absolute atomic E-state index is 12.0. The predicted octanol–water partition coefficient (Wildman–Crippen LogP) is 3.64. The van der Waals surface area contributed by atoms with Gasteiger partial charge >= 0.3 is 0 Å². The van der Waals surface area contributed by atoms with Gasteiger partial charge in [-0.1, -0.05) is 30.3 Å². The van der Waals surface area contributed by atoms with Gasteiger partial charge in [-0.3, -0.25) is 4.79 Å². The molecule has 0 radical (unpaired) electrons. The summed E-state index contributed by atoms with van der Waals surface area (Å²) < 4.78 is 0. The molecule has 1 amide bonds. The van der Waals surface area contributed by atoms with Crippen molar-refractivity contribution in [3.63, 3.8) is 0 Å². The molecule has 1 saturated heterocycles. The smallest absolute Gasteiger partial charge is 0.225 e. The zero-order valence-corrected chi connectivity index (χ0v) is 13.4. The highest BCUT2D eigenvalue weighted by Crippen LogP contribution is 2.20. The summed E-state index contributed by atoms with van der Waals surface area (Å²) in [7, 11) is 0. The van der Waals surface area contributed by atoms with Crippen LogP contribution in [-0.2, 0) is 11.2 Å². The van der Waals surface area contributed by atoms with Crippen molar-refractivity contribution in [1.29, 1.82) is 0 Å². The van der Waals surface area contributed by atoms with Crippen LogP contribution < -0.4 is 10.2 Å². The quantitative estimate of drug-likeness (QED) is 0.917. The Hall–Kier alpha value is -2.36. The molecule has 2 heterocycles. The molecule has 1 aromatic heterocycles. The molecule has 1 aromatic carbocycles. The average Bonchev–Trinajstić information content (AvgIpc) is 2.62. The van der Waals surface area contributed by atoms with Crippen molar-refractivity contribution in [3.8, 4) is 0 Å². The number of benzene rings is 1. The summed E-state index contributed by atoms with van der Waals surface area (Å²) >= 11 is 0. The lowest BCUT2D eigenvalue weighted by atomic mass is 10.1. The van der Waals surface area contributed by atoms with Gasteiger partial charge < -0.3 is 10.2 Å². The molecule has 1 N–H and O–H groups in total. The van der Waals surface area contributed by atoms with Gasteiger partial charge in [-0.15, -0.1) is 0 Å². The number of nitrogens with zero attached hydrogens (tertiary/aromatic N) is 2. The lowest BCUT2D eigenvalue weighted by Gasteiger charge is -2.28. The monoisotopic (exact) mass is 309 g/mol. The second-order valence-corrected chi connectivity index (χ2v) is 5.98. The Morgan fingerprint density at radius 1 is 1.04 bits per heavy atom. The lowest BCUT2D eigenvalue weighted by Crippen LogP contribution is -2.29. The van der Waals surface area contributed by atoms with Crippen molar-refractivity contribution >= 4 is 17.4 Å². The summed E-state index contributed by atoms with van der Waals surface area (Å²) in [6, 6.07) is 14.0. The molecule has 4 nitrogen and oxygen atoms in total. The molecule has 0 atom stereocenters. The Labute approximate surface area is 137 Å². The molecule has 0 bridgehead atoms. The summed E-state index contributed by atoms with van der Waals surface area (Å²) in [5, 5.41) is 2.87. The van der Waals surface area contributed by atoms with Gasteiger partial charge in [-0.05, 0) is 43.4 Å². The number of rotatable bonds is 5. The van der Waals surface area contributed by atoms with Crippen LogP contribution in [0.5, 0.6) is 0 Å². The summed E-state index contributed by atoms with van der Waals surface area (Å²) in [4.78, 5) is 18.7. The number of amides is 1. The molecule has 3 rings (SSSR count). The number of aromatic nitrogens is 1. The van der Waals surface area contributed by atoms with Crippen LogP contribution in [0.3, 0.4) is 0 Å². The van der Waals surface area contributed by atoms with E-state index in [1.807, 2.05) is 48.7 Å². The number of hydrogen-bond acceptors (Lipinski definition) is 3. The van der Waals surface area contributed by atoms with Crippen LogP contribution in [0.15, 0.2) is 48.7 Å². The summed E-state index contributed by atoms with van der Waals surface area (Å²) in [6.07, 6.45) is 6.89. The van der Waals surface area contributed by atoms with Crippen molar-refractivity contribution in [2.45, 2.75) is 32.1 Å². The largest absolute Gasteiger partial charge is 0.370 e. The van der Waals surface area contributed by atoms with E-state index >= 15 is 0 Å². The highest BCUT2D eigenvalue weighted by atomic mass is 16.1. The molecule has 1 aliphatic heterocycles. The molecule has 2 aromatic rings. The van der Waals surface area contributed by atoms with Gasteiger partial charge in [-0.25, -0.2) is 4.98 Å². The number of carbonyl (C=O) groups excluding carboxylic acids is 1. The van der Waals surface area contributed by atoms with E-state index in [0.717, 1.165) is 25.2 Å². The molecule has 0 spiro atoms. The Morgan fingerprint density at radius 2 is 1.83 bits per heavy atom. The van der Waals surface area contributed by atoms with E-state index < -0.39 is 0 Å². The normalized spacial score (nSPS) is 14.5. The van der Waals surface area contributed by atoms with Crippen LogP contribution in [0.1, 0.15) is 31.2 Å². The predicted molar refractivity (Wildman–Crippen MR) is 93.7 cm³/mol. The van der Waals surface area contributed by atoms with E-state index in [2.05, 4.69) is 15.2 Å². The fourth-order valence-electron chi connectivity index (χ4n) is 2.91. The zero-order chi connectivity index (χ0) is 15.9. The van der Waals surface area contributed by atoms with Crippen LogP contribution in [0.4, 0.5) is 11.5 Å². The van der Waals surface area contributed by atoms with E-state index in [1.165, 1.54) is 24.8 Å². The van der Waals surface area contributed by atoms with Crippen molar-refractivity contribution < 1.29 is 4.79 Å². The van der Waals surface area contributed by atoms with E-state index in [0.29, 0.717) is 12.2 Å². The SMILES string of the molecule is O=C(CCc1ccccc1)Nc1ccc(N2CCCCC2)cn1. The fourth-order valence-corrected chi connectivity index (χ4v) is 2.91. The minimum atomic E-state index is 0.00655. The van der Waals surface area contributed by atoms with Crippen LogP contribution in [-0.4, -0.2) is 24.0 Å². The van der Waals surface area contributed by atoms with E-state index in [1.54, 1.807) is 0 Å². The number of hydrogen-bond donors (Lipinski definition) is 1. The summed E-state index contributed by atoms with van der Waals surface area (Å²) in [5.74, 6) is 0.635. The molecule has 0 unspecified atom stereocenters. The van der Waals surface area contributed by atoms with Crippen molar-refractivity contribution in [2.24, 2.45) is 0 Å². The van der Waals surface area contributed by atoms with Crippen LogP contribution >= 0.6 is 0 Å². The van der Waals surface area contributed by atoms with E-state index in [-0.39, 0.29) is 5.91 Å². The summed E-state index contributed by atoms with van der Waals surface area (Å²) in [6.45, 7) is 2.20. The first-order valence-electron chi connectivity index (χ1n) is 8.36. The van der Waals surface area contributed by atoms with E-state index in [9.17, 15) is 4.79 Å². The van der Waals surface area contributed by atoms with Gasteiger partial charge in [0.25, 0.3) is 0 Å². The minimum absolute atomic E-state index is 0.00655. The van der Waals surface area contributed by atoms with E-state index in [4.69, 9.17) is 0 Å².